The standard InChI is InChI=1S/C10H15N5O4/c1-5(17)15-6(3-16)7(18)2-8(15)14-4-12-10(13-14)9(11)19/h4,6-8,16,18H,2-3H2,1H3,(H2,11,19)/t6-,7+,8-/m1/s1. The van der Waals surface area contributed by atoms with Crippen LogP contribution in [0.4, 0.5) is 0 Å². The van der Waals surface area contributed by atoms with Crippen LogP contribution in [0.25, 0.3) is 0 Å². The summed E-state index contributed by atoms with van der Waals surface area (Å²) in [7, 11) is 0. The Morgan fingerprint density at radius 3 is 2.74 bits per heavy atom. The predicted octanol–water partition coefficient (Wildman–Crippen LogP) is -2.15. The van der Waals surface area contributed by atoms with Crippen LogP contribution in [-0.2, 0) is 4.79 Å². The fraction of sp³-hybridized carbons (Fsp3) is 0.600. The summed E-state index contributed by atoms with van der Waals surface area (Å²) in [6.45, 7) is 0.980. The topological polar surface area (TPSA) is 135 Å². The Balaban J connectivity index is 2.31. The minimum absolute atomic E-state index is 0.162. The van der Waals surface area contributed by atoms with Crippen molar-refractivity contribution in [1.82, 2.24) is 19.7 Å². The summed E-state index contributed by atoms with van der Waals surface area (Å²) in [6.07, 6.45) is 0.0184. The van der Waals surface area contributed by atoms with Gasteiger partial charge in [0.2, 0.25) is 11.7 Å². The molecule has 2 heterocycles. The van der Waals surface area contributed by atoms with E-state index in [1.54, 1.807) is 0 Å². The summed E-state index contributed by atoms with van der Waals surface area (Å²) >= 11 is 0. The van der Waals surface area contributed by atoms with Crippen LogP contribution in [0.2, 0.25) is 0 Å². The van der Waals surface area contributed by atoms with Gasteiger partial charge in [-0.1, -0.05) is 0 Å². The van der Waals surface area contributed by atoms with Gasteiger partial charge < -0.3 is 20.8 Å². The first kappa shape index (κ1) is 13.4. The average Bonchev–Trinajstić information content (AvgIpc) is 2.92. The van der Waals surface area contributed by atoms with Crippen molar-refractivity contribution in [2.75, 3.05) is 6.61 Å². The van der Waals surface area contributed by atoms with E-state index >= 15 is 0 Å². The number of aromatic nitrogens is 3. The van der Waals surface area contributed by atoms with E-state index in [1.807, 2.05) is 0 Å². The summed E-state index contributed by atoms with van der Waals surface area (Å²) < 4.78 is 1.29. The molecule has 0 unspecified atom stereocenters. The van der Waals surface area contributed by atoms with E-state index in [9.17, 15) is 19.8 Å². The van der Waals surface area contributed by atoms with E-state index in [-0.39, 0.29) is 24.8 Å². The van der Waals surface area contributed by atoms with Gasteiger partial charge in [-0.25, -0.2) is 9.67 Å². The van der Waals surface area contributed by atoms with Crippen LogP contribution in [0.3, 0.4) is 0 Å². The fourth-order valence-electron chi connectivity index (χ4n) is 2.31. The lowest BCUT2D eigenvalue weighted by molar-refractivity contribution is -0.135. The van der Waals surface area contributed by atoms with Gasteiger partial charge in [0.05, 0.1) is 18.8 Å². The molecule has 0 radical (unpaired) electrons. The van der Waals surface area contributed by atoms with Crippen molar-refractivity contribution in [1.29, 1.82) is 0 Å². The summed E-state index contributed by atoms with van der Waals surface area (Å²) in [6, 6.07) is -0.691. The molecule has 0 bridgehead atoms. The van der Waals surface area contributed by atoms with Crippen molar-refractivity contribution >= 4 is 11.8 Å². The maximum Gasteiger partial charge on any atom is 0.288 e. The molecule has 0 saturated carbocycles. The van der Waals surface area contributed by atoms with Gasteiger partial charge in [-0.15, -0.1) is 5.10 Å². The van der Waals surface area contributed by atoms with Crippen molar-refractivity contribution in [2.24, 2.45) is 5.73 Å². The highest BCUT2D eigenvalue weighted by atomic mass is 16.3. The van der Waals surface area contributed by atoms with Gasteiger partial charge in [-0.05, 0) is 0 Å². The number of likely N-dealkylation sites (tertiary alicyclic amines) is 1. The predicted molar refractivity (Wildman–Crippen MR) is 61.6 cm³/mol. The zero-order valence-electron chi connectivity index (χ0n) is 10.3. The second-order valence-electron chi connectivity index (χ2n) is 4.37. The van der Waals surface area contributed by atoms with E-state index in [0.29, 0.717) is 0 Å². The Kier molecular flexibility index (Phi) is 3.49. The lowest BCUT2D eigenvalue weighted by atomic mass is 10.2. The molecule has 2 amide bonds. The summed E-state index contributed by atoms with van der Waals surface area (Å²) in [5.74, 6) is -1.24. The molecule has 104 valence electrons. The summed E-state index contributed by atoms with van der Waals surface area (Å²) in [4.78, 5) is 27.6. The molecule has 1 fully saturated rings. The lowest BCUT2D eigenvalue weighted by Gasteiger charge is -2.28. The van der Waals surface area contributed by atoms with Crippen LogP contribution in [-0.4, -0.2) is 60.4 Å². The largest absolute Gasteiger partial charge is 0.394 e. The van der Waals surface area contributed by atoms with Crippen LogP contribution < -0.4 is 5.73 Å². The number of rotatable bonds is 3. The Morgan fingerprint density at radius 2 is 2.26 bits per heavy atom. The van der Waals surface area contributed by atoms with Crippen molar-refractivity contribution in [2.45, 2.75) is 31.7 Å². The third kappa shape index (κ3) is 2.29. The highest BCUT2D eigenvalue weighted by molar-refractivity contribution is 5.88. The molecule has 1 saturated heterocycles. The quantitative estimate of drug-likeness (QED) is 0.572. The van der Waals surface area contributed by atoms with Crippen LogP contribution in [0, 0.1) is 0 Å². The van der Waals surface area contributed by atoms with Gasteiger partial charge in [0.25, 0.3) is 5.91 Å². The molecule has 2 rings (SSSR count). The van der Waals surface area contributed by atoms with Crippen molar-refractivity contribution in [3.63, 3.8) is 0 Å². The second-order valence-corrected chi connectivity index (χ2v) is 4.37. The average molecular weight is 269 g/mol. The molecule has 1 aliphatic heterocycles. The van der Waals surface area contributed by atoms with E-state index in [4.69, 9.17) is 5.73 Å². The molecule has 0 aliphatic carbocycles. The Labute approximate surface area is 108 Å². The number of nitrogens with zero attached hydrogens (tertiary/aromatic N) is 4. The maximum atomic E-state index is 11.6. The molecule has 1 aromatic rings. The van der Waals surface area contributed by atoms with Gasteiger partial charge >= 0.3 is 0 Å². The third-order valence-corrected chi connectivity index (χ3v) is 3.16. The zero-order valence-corrected chi connectivity index (χ0v) is 10.3. The molecule has 19 heavy (non-hydrogen) atoms. The third-order valence-electron chi connectivity index (χ3n) is 3.16. The molecule has 0 aromatic carbocycles. The summed E-state index contributed by atoms with van der Waals surface area (Å²) in [5, 5.41) is 23.0. The van der Waals surface area contributed by atoms with E-state index in [1.165, 1.54) is 22.8 Å². The van der Waals surface area contributed by atoms with Gasteiger partial charge in [-0.3, -0.25) is 9.59 Å². The van der Waals surface area contributed by atoms with Crippen LogP contribution in [0.1, 0.15) is 30.1 Å². The van der Waals surface area contributed by atoms with Gasteiger partial charge in [0.15, 0.2) is 0 Å². The first-order valence-corrected chi connectivity index (χ1v) is 5.74. The number of hydrogen-bond acceptors (Lipinski definition) is 6. The van der Waals surface area contributed by atoms with Gasteiger partial charge in [-0.2, -0.15) is 0 Å². The van der Waals surface area contributed by atoms with Crippen LogP contribution in [0.15, 0.2) is 6.33 Å². The minimum atomic E-state index is -0.861. The molecule has 0 spiro atoms. The molecule has 3 atom stereocenters. The molecule has 4 N–H and O–H groups in total. The fourth-order valence-corrected chi connectivity index (χ4v) is 2.31. The molecular formula is C10H15N5O4. The normalized spacial score (nSPS) is 26.7. The number of carbonyl (C=O) groups excluding carboxylic acids is 2. The molecule has 9 nitrogen and oxygen atoms in total. The van der Waals surface area contributed by atoms with Crippen LogP contribution in [0.5, 0.6) is 0 Å². The number of amides is 2. The van der Waals surface area contributed by atoms with Gasteiger partial charge in [0, 0.05) is 13.3 Å². The van der Waals surface area contributed by atoms with Crippen molar-refractivity contribution in [3.8, 4) is 0 Å². The highest BCUT2D eigenvalue weighted by Gasteiger charge is 2.43. The van der Waals surface area contributed by atoms with Gasteiger partial charge in [0.1, 0.15) is 12.5 Å². The number of primary amides is 1. The first-order chi connectivity index (χ1) is 8.95. The summed E-state index contributed by atoms with van der Waals surface area (Å²) in [5.41, 5.74) is 5.05. The monoisotopic (exact) mass is 269 g/mol. The van der Waals surface area contributed by atoms with E-state index in [0.717, 1.165) is 0 Å². The molecule has 9 heteroatoms. The van der Waals surface area contributed by atoms with E-state index < -0.39 is 24.2 Å². The SMILES string of the molecule is CC(=O)N1[C@H](CO)[C@@H](O)C[C@@H]1n1cnc(C(N)=O)n1. The molecular weight excluding hydrogens is 254 g/mol. The van der Waals surface area contributed by atoms with Crippen molar-refractivity contribution in [3.05, 3.63) is 12.2 Å². The smallest absolute Gasteiger partial charge is 0.288 e. The molecule has 1 aliphatic rings. The Bertz CT molecular complexity index is 502. The zero-order chi connectivity index (χ0) is 14.2. The van der Waals surface area contributed by atoms with E-state index in [2.05, 4.69) is 10.1 Å². The number of carbonyl (C=O) groups is 2. The maximum absolute atomic E-state index is 11.6. The second kappa shape index (κ2) is 4.94. The number of nitrogens with two attached hydrogens (primary N) is 1. The van der Waals surface area contributed by atoms with Crippen molar-refractivity contribution < 1.29 is 19.8 Å². The molecule has 1 aromatic heterocycles. The number of aliphatic hydroxyl groups is 2. The minimum Gasteiger partial charge on any atom is -0.394 e. The van der Waals surface area contributed by atoms with Crippen LogP contribution >= 0.6 is 0 Å². The lowest BCUT2D eigenvalue weighted by Crippen LogP contribution is -2.43. The number of aliphatic hydroxyl groups excluding tert-OH is 2. The first-order valence-electron chi connectivity index (χ1n) is 5.74. The Morgan fingerprint density at radius 1 is 1.58 bits per heavy atom. The Hall–Kier alpha value is -2.00. The number of hydrogen-bond donors (Lipinski definition) is 3. The highest BCUT2D eigenvalue weighted by Crippen LogP contribution is 2.31.